The number of fused-ring (bicyclic) bond motifs is 1. The molecule has 216 valence electrons. The monoisotopic (exact) mass is 553 g/mol. The van der Waals surface area contributed by atoms with Gasteiger partial charge in [-0.05, 0) is 63.4 Å². The van der Waals surface area contributed by atoms with Gasteiger partial charge in [0, 0.05) is 19.3 Å². The molecule has 2 aromatic rings. The number of hydrogen-bond donors (Lipinski definition) is 2. The summed E-state index contributed by atoms with van der Waals surface area (Å²) in [4.78, 5) is 58.2. The van der Waals surface area contributed by atoms with E-state index in [0.717, 1.165) is 25.7 Å². The Hall–Kier alpha value is -4.15. The van der Waals surface area contributed by atoms with Gasteiger partial charge in [0.05, 0.1) is 17.2 Å². The van der Waals surface area contributed by atoms with Crippen molar-refractivity contribution in [2.24, 2.45) is 0 Å². The fourth-order valence-electron chi connectivity index (χ4n) is 4.45. The van der Waals surface area contributed by atoms with Crippen LogP contribution >= 0.6 is 0 Å². The Morgan fingerprint density at radius 2 is 1.38 bits per heavy atom. The van der Waals surface area contributed by atoms with Crippen LogP contribution < -0.4 is 15.5 Å². The largest absolute Gasteiger partial charge is 0.426 e. The smallest absolute Gasteiger partial charge is 0.409 e. The molecule has 0 saturated heterocycles. The first-order valence-corrected chi connectivity index (χ1v) is 13.8. The Kier molecular flexibility index (Phi) is 10.9. The highest BCUT2D eigenvalue weighted by Gasteiger charge is 2.39. The zero-order valence-electron chi connectivity index (χ0n) is 23.8. The molecule has 0 spiro atoms. The number of carbonyl (C=O) groups excluding carboxylic acids is 4. The molecule has 2 N–H and O–H groups in total. The van der Waals surface area contributed by atoms with Gasteiger partial charge < -0.3 is 20.1 Å². The van der Waals surface area contributed by atoms with Gasteiger partial charge in [-0.1, -0.05) is 38.8 Å². The van der Waals surface area contributed by atoms with Crippen molar-refractivity contribution in [1.82, 2.24) is 20.5 Å². The van der Waals surface area contributed by atoms with E-state index >= 15 is 0 Å². The molecule has 0 fully saturated rings. The Morgan fingerprint density at radius 1 is 0.875 bits per heavy atom. The third-order valence-electron chi connectivity index (χ3n) is 6.67. The van der Waals surface area contributed by atoms with Crippen LogP contribution in [0, 0.1) is 0 Å². The van der Waals surface area contributed by atoms with Gasteiger partial charge in [-0.3, -0.25) is 19.4 Å². The second-order valence-corrected chi connectivity index (χ2v) is 9.63. The zero-order chi connectivity index (χ0) is 29.2. The van der Waals surface area contributed by atoms with Crippen molar-refractivity contribution in [3.05, 3.63) is 59.3 Å². The minimum atomic E-state index is -0.877. The number of nitrogens with zero attached hydrogens (tertiary/aromatic N) is 3. The summed E-state index contributed by atoms with van der Waals surface area (Å²) >= 11 is 0. The van der Waals surface area contributed by atoms with Gasteiger partial charge in [0.2, 0.25) is 0 Å². The first-order valence-electron chi connectivity index (χ1n) is 13.8. The topological polar surface area (TPSA) is 130 Å². The number of carbonyl (C=O) groups is 4. The molecule has 0 radical (unpaired) electrons. The van der Waals surface area contributed by atoms with Crippen molar-refractivity contribution < 1.29 is 28.7 Å². The predicted molar refractivity (Wildman–Crippen MR) is 150 cm³/mol. The van der Waals surface area contributed by atoms with E-state index in [-0.39, 0.29) is 11.8 Å². The Bertz CT molecular complexity index is 1140. The molecule has 1 aromatic heterocycles. The fraction of sp³-hybridized carbons (Fsp3) is 0.483. The quantitative estimate of drug-likeness (QED) is 0.202. The lowest BCUT2D eigenvalue weighted by molar-refractivity contribution is 0.0538. The SMILES string of the molecule is CCCCNC(=O)OC(C)N(c1cc(C(C)N2C(=O)c3ccccc3C2=O)ccn1)C(C)OC(=O)NCCCC. The van der Waals surface area contributed by atoms with Gasteiger partial charge in [-0.25, -0.2) is 14.6 Å². The maximum Gasteiger partial charge on any atom is 0.409 e. The number of alkyl carbamates (subject to hydrolysis) is 2. The average molecular weight is 554 g/mol. The molecule has 1 aliphatic rings. The summed E-state index contributed by atoms with van der Waals surface area (Å²) < 4.78 is 11.2. The summed E-state index contributed by atoms with van der Waals surface area (Å²) in [7, 11) is 0. The lowest BCUT2D eigenvalue weighted by Gasteiger charge is -2.34. The van der Waals surface area contributed by atoms with Gasteiger partial charge >= 0.3 is 12.2 Å². The number of anilines is 1. The molecular weight excluding hydrogens is 514 g/mol. The van der Waals surface area contributed by atoms with E-state index in [0.29, 0.717) is 35.6 Å². The highest BCUT2D eigenvalue weighted by molar-refractivity contribution is 6.21. The molecule has 0 bridgehead atoms. The summed E-state index contributed by atoms with van der Waals surface area (Å²) in [6.07, 6.45) is 2.02. The first-order chi connectivity index (χ1) is 19.2. The van der Waals surface area contributed by atoms with Crippen LogP contribution in [-0.2, 0) is 9.47 Å². The first kappa shape index (κ1) is 30.4. The van der Waals surface area contributed by atoms with Crippen molar-refractivity contribution >= 4 is 29.8 Å². The van der Waals surface area contributed by atoms with Crippen molar-refractivity contribution in [3.63, 3.8) is 0 Å². The minimum Gasteiger partial charge on any atom is -0.426 e. The molecule has 2 heterocycles. The van der Waals surface area contributed by atoms with Gasteiger partial charge in [0.15, 0.2) is 12.5 Å². The normalized spacial score (nSPS) is 14.7. The summed E-state index contributed by atoms with van der Waals surface area (Å²) in [5, 5.41) is 5.42. The average Bonchev–Trinajstić information content (AvgIpc) is 3.18. The number of ether oxygens (including phenoxy) is 2. The van der Waals surface area contributed by atoms with Crippen LogP contribution in [0.2, 0.25) is 0 Å². The standard InChI is InChI=1S/C29H39N5O6/c1-6-8-15-31-28(37)39-20(4)34(21(5)40-29(38)32-16-9-7-2)25-18-22(14-17-30-25)19(3)33-26(35)23-12-10-11-13-24(23)27(33)36/h10-14,17-21H,6-9,15-16H2,1-5H3,(H,31,37)(H,32,38). The van der Waals surface area contributed by atoms with Crippen molar-refractivity contribution in [3.8, 4) is 0 Å². The number of pyridine rings is 1. The molecule has 0 aliphatic carbocycles. The predicted octanol–water partition coefficient (Wildman–Crippen LogP) is 4.99. The molecule has 11 nitrogen and oxygen atoms in total. The number of amides is 4. The maximum atomic E-state index is 13.1. The van der Waals surface area contributed by atoms with E-state index in [1.165, 1.54) is 11.1 Å². The number of hydrogen-bond acceptors (Lipinski definition) is 8. The minimum absolute atomic E-state index is 0.337. The molecule has 3 unspecified atom stereocenters. The lowest BCUT2D eigenvalue weighted by Crippen LogP contribution is -2.48. The van der Waals surface area contributed by atoms with Crippen molar-refractivity contribution in [2.45, 2.75) is 78.8 Å². The highest BCUT2D eigenvalue weighted by atomic mass is 16.6. The Balaban J connectivity index is 1.85. The maximum absolute atomic E-state index is 13.1. The summed E-state index contributed by atoms with van der Waals surface area (Å²) in [6, 6.07) is 9.51. The molecule has 0 saturated carbocycles. The Labute approximate surface area is 235 Å². The lowest BCUT2D eigenvalue weighted by atomic mass is 10.1. The third-order valence-corrected chi connectivity index (χ3v) is 6.67. The molecular formula is C29H39N5O6. The number of rotatable bonds is 13. The second-order valence-electron chi connectivity index (χ2n) is 9.63. The molecule has 3 rings (SSSR count). The van der Waals surface area contributed by atoms with Crippen LogP contribution in [0.5, 0.6) is 0 Å². The van der Waals surface area contributed by atoms with E-state index in [2.05, 4.69) is 15.6 Å². The third kappa shape index (κ3) is 7.28. The summed E-state index contributed by atoms with van der Waals surface area (Å²) in [5.41, 5.74) is 1.36. The van der Waals surface area contributed by atoms with Gasteiger partial charge in [-0.2, -0.15) is 0 Å². The zero-order valence-corrected chi connectivity index (χ0v) is 23.8. The molecule has 1 aromatic carbocycles. The molecule has 3 atom stereocenters. The fourth-order valence-corrected chi connectivity index (χ4v) is 4.45. The Morgan fingerprint density at radius 3 is 1.85 bits per heavy atom. The van der Waals surface area contributed by atoms with E-state index in [1.54, 1.807) is 62.1 Å². The summed E-state index contributed by atoms with van der Waals surface area (Å²) in [5.74, 6) is -0.405. The molecule has 11 heteroatoms. The van der Waals surface area contributed by atoms with Crippen LogP contribution in [0.1, 0.15) is 92.6 Å². The van der Waals surface area contributed by atoms with Crippen LogP contribution in [0.4, 0.5) is 15.4 Å². The van der Waals surface area contributed by atoms with Crippen molar-refractivity contribution in [1.29, 1.82) is 0 Å². The van der Waals surface area contributed by atoms with Gasteiger partial charge in [0.1, 0.15) is 5.82 Å². The van der Waals surface area contributed by atoms with E-state index in [1.807, 2.05) is 13.8 Å². The van der Waals surface area contributed by atoms with E-state index in [9.17, 15) is 19.2 Å². The number of aromatic nitrogens is 1. The number of unbranched alkanes of at least 4 members (excludes halogenated alkanes) is 2. The van der Waals surface area contributed by atoms with Crippen LogP contribution in [0.25, 0.3) is 0 Å². The number of imide groups is 1. The number of benzene rings is 1. The molecule has 4 amide bonds. The van der Waals surface area contributed by atoms with E-state index in [4.69, 9.17) is 9.47 Å². The molecule has 1 aliphatic heterocycles. The second kappa shape index (κ2) is 14.3. The molecule has 40 heavy (non-hydrogen) atoms. The summed E-state index contributed by atoms with van der Waals surface area (Å²) in [6.45, 7) is 10.0. The van der Waals surface area contributed by atoms with Gasteiger partial charge in [-0.15, -0.1) is 0 Å². The van der Waals surface area contributed by atoms with Gasteiger partial charge in [0.25, 0.3) is 11.8 Å². The highest BCUT2D eigenvalue weighted by Crippen LogP contribution is 2.32. The van der Waals surface area contributed by atoms with Crippen LogP contribution in [0.15, 0.2) is 42.6 Å². The number of nitrogens with one attached hydrogen (secondary N) is 2. The van der Waals surface area contributed by atoms with Crippen molar-refractivity contribution in [2.75, 3.05) is 18.0 Å². The van der Waals surface area contributed by atoms with E-state index < -0.39 is 30.7 Å². The van der Waals surface area contributed by atoms with Crippen LogP contribution in [0.3, 0.4) is 0 Å². The van der Waals surface area contributed by atoms with Crippen LogP contribution in [-0.4, -0.2) is 59.4 Å².